The van der Waals surface area contributed by atoms with E-state index < -0.39 is 6.36 Å². The first-order chi connectivity index (χ1) is 13.3. The highest BCUT2D eigenvalue weighted by molar-refractivity contribution is 7.09. The van der Waals surface area contributed by atoms with Gasteiger partial charge in [0.05, 0.1) is 17.8 Å². The molecule has 0 unspecified atom stereocenters. The fourth-order valence-corrected chi connectivity index (χ4v) is 4.20. The van der Waals surface area contributed by atoms with Crippen LogP contribution in [0.3, 0.4) is 0 Å². The molecule has 0 radical (unpaired) electrons. The van der Waals surface area contributed by atoms with Gasteiger partial charge in [0.25, 0.3) is 0 Å². The largest absolute Gasteiger partial charge is 0.522 e. The molecule has 28 heavy (non-hydrogen) atoms. The molecule has 1 N–H and O–H groups in total. The minimum Gasteiger partial charge on any atom is -0.378 e. The Hall–Kier alpha value is -1.48. The van der Waals surface area contributed by atoms with Crippen LogP contribution in [0.25, 0.3) is 5.52 Å². The molecule has 0 amide bonds. The van der Waals surface area contributed by atoms with E-state index in [0.29, 0.717) is 29.7 Å². The monoisotopic (exact) mass is 451 g/mol. The summed E-state index contributed by atoms with van der Waals surface area (Å²) >= 11 is 14.3. The van der Waals surface area contributed by atoms with E-state index in [9.17, 15) is 13.2 Å². The van der Waals surface area contributed by atoms with Gasteiger partial charge in [-0.3, -0.25) is 4.74 Å². The highest BCUT2D eigenvalue weighted by atomic mass is 35.5. The van der Waals surface area contributed by atoms with Crippen LogP contribution < -0.4 is 5.32 Å². The van der Waals surface area contributed by atoms with E-state index in [2.05, 4.69) is 15.2 Å². The second-order valence-electron chi connectivity index (χ2n) is 6.22. The van der Waals surface area contributed by atoms with Gasteiger partial charge in [0, 0.05) is 17.5 Å². The number of ether oxygens (including phenoxy) is 1. The summed E-state index contributed by atoms with van der Waals surface area (Å²) in [5.74, 6) is 0. The molecule has 0 saturated carbocycles. The number of unbranched alkanes of at least 4 members (excludes halogenated alkanes) is 1. The molecule has 3 aromatic heterocycles. The second kappa shape index (κ2) is 8.90. The lowest BCUT2D eigenvalue weighted by molar-refractivity contribution is -0.324. The molecule has 0 spiro atoms. The van der Waals surface area contributed by atoms with Gasteiger partial charge in [-0.2, -0.15) is 5.10 Å². The molecule has 4 nitrogen and oxygen atoms in total. The highest BCUT2D eigenvalue weighted by Gasteiger charge is 2.28. The number of anilines is 1. The smallest absolute Gasteiger partial charge is 0.378 e. The third kappa shape index (κ3) is 5.11. The molecule has 0 bridgehead atoms. The van der Waals surface area contributed by atoms with E-state index in [0.717, 1.165) is 22.3 Å². The molecule has 0 aliphatic heterocycles. The zero-order valence-electron chi connectivity index (χ0n) is 14.9. The molecular formula is C18H18Cl2F3N3OS. The fraction of sp³-hybridized carbons (Fsp3) is 0.389. The van der Waals surface area contributed by atoms with Crippen LogP contribution >= 0.6 is 34.5 Å². The summed E-state index contributed by atoms with van der Waals surface area (Å²) in [7, 11) is 0. The topological polar surface area (TPSA) is 38.6 Å². The van der Waals surface area contributed by atoms with Crippen molar-refractivity contribution in [3.05, 3.63) is 49.9 Å². The molecular weight excluding hydrogens is 434 g/mol. The molecule has 0 saturated heterocycles. The molecule has 0 fully saturated rings. The van der Waals surface area contributed by atoms with Crippen LogP contribution in [-0.2, 0) is 17.7 Å². The van der Waals surface area contributed by atoms with Crippen LogP contribution in [0, 0.1) is 6.92 Å². The Bertz CT molecular complexity index is 942. The number of aryl methyl sites for hydroxylation is 1. The van der Waals surface area contributed by atoms with Gasteiger partial charge >= 0.3 is 6.36 Å². The number of nitrogens with one attached hydrogen (secondary N) is 1. The van der Waals surface area contributed by atoms with E-state index in [1.807, 2.05) is 24.4 Å². The number of fused-ring (bicyclic) bond motifs is 1. The van der Waals surface area contributed by atoms with Crippen LogP contribution in [0.2, 0.25) is 10.3 Å². The van der Waals surface area contributed by atoms with Crippen molar-refractivity contribution in [1.82, 2.24) is 9.61 Å². The van der Waals surface area contributed by atoms with Crippen molar-refractivity contribution in [2.45, 2.75) is 39.1 Å². The molecule has 3 rings (SSSR count). The molecule has 10 heteroatoms. The lowest BCUT2D eigenvalue weighted by atomic mass is 10.1. The van der Waals surface area contributed by atoms with Crippen molar-refractivity contribution >= 4 is 45.7 Å². The van der Waals surface area contributed by atoms with Crippen LogP contribution in [-0.4, -0.2) is 22.6 Å². The Kier molecular flexibility index (Phi) is 6.75. The van der Waals surface area contributed by atoms with E-state index in [-0.39, 0.29) is 13.0 Å². The van der Waals surface area contributed by atoms with Crippen molar-refractivity contribution in [1.29, 1.82) is 0 Å². The van der Waals surface area contributed by atoms with Gasteiger partial charge in [-0.05, 0) is 48.8 Å². The zero-order chi connectivity index (χ0) is 20.3. The minimum absolute atomic E-state index is 0.277. The number of nitrogens with zero attached hydrogens (tertiary/aromatic N) is 2. The number of hydrogen-bond acceptors (Lipinski definition) is 4. The van der Waals surface area contributed by atoms with Gasteiger partial charge in [-0.1, -0.05) is 29.3 Å². The standard InChI is InChI=1S/C18H18Cl2F3N3OS/c1-11-13(6-2-3-7-27-18(21,22)23)17(20)26-16(11)14(9-15(19)25-26)24-10-12-5-4-8-28-12/h4-5,8-9,24H,2-3,6-7,10H2,1H3. The Morgan fingerprint density at radius 1 is 1.29 bits per heavy atom. The Labute approximate surface area is 174 Å². The lowest BCUT2D eigenvalue weighted by Crippen LogP contribution is -2.14. The number of hydrogen-bond donors (Lipinski definition) is 1. The quantitative estimate of drug-likeness (QED) is 0.398. The lowest BCUT2D eigenvalue weighted by Gasteiger charge is -2.09. The van der Waals surface area contributed by atoms with Gasteiger partial charge in [-0.25, -0.2) is 4.52 Å². The zero-order valence-corrected chi connectivity index (χ0v) is 17.3. The predicted octanol–water partition coefficient (Wildman–Crippen LogP) is 6.48. The molecule has 0 aliphatic carbocycles. The predicted molar refractivity (Wildman–Crippen MR) is 107 cm³/mol. The SMILES string of the molecule is Cc1c(CCCCOC(F)(F)F)c(Cl)n2nc(Cl)cc(NCc3cccs3)c12. The van der Waals surface area contributed by atoms with Gasteiger partial charge in [-0.15, -0.1) is 24.5 Å². The van der Waals surface area contributed by atoms with Gasteiger partial charge in [0.1, 0.15) is 5.15 Å². The summed E-state index contributed by atoms with van der Waals surface area (Å²) in [6, 6.07) is 5.76. The Morgan fingerprint density at radius 3 is 2.75 bits per heavy atom. The normalized spacial score (nSPS) is 12.1. The van der Waals surface area contributed by atoms with E-state index in [1.54, 1.807) is 21.9 Å². The van der Waals surface area contributed by atoms with E-state index >= 15 is 0 Å². The number of alkyl halides is 3. The minimum atomic E-state index is -4.60. The molecule has 0 aliphatic rings. The van der Waals surface area contributed by atoms with Crippen LogP contribution in [0.4, 0.5) is 18.9 Å². The third-order valence-corrected chi connectivity index (χ3v) is 5.74. The fourth-order valence-electron chi connectivity index (χ4n) is 3.02. The Morgan fingerprint density at radius 2 is 2.07 bits per heavy atom. The van der Waals surface area contributed by atoms with E-state index in [1.165, 1.54) is 4.88 Å². The number of rotatable bonds is 8. The van der Waals surface area contributed by atoms with Crippen LogP contribution in [0.15, 0.2) is 23.6 Å². The summed E-state index contributed by atoms with van der Waals surface area (Å²) < 4.78 is 41.6. The molecule has 3 heterocycles. The van der Waals surface area contributed by atoms with Gasteiger partial charge in [0.2, 0.25) is 0 Å². The number of aromatic nitrogens is 2. The molecule has 3 aromatic rings. The maximum Gasteiger partial charge on any atom is 0.522 e. The highest BCUT2D eigenvalue weighted by Crippen LogP contribution is 2.34. The van der Waals surface area contributed by atoms with Crippen molar-refractivity contribution in [2.24, 2.45) is 0 Å². The van der Waals surface area contributed by atoms with E-state index in [4.69, 9.17) is 23.2 Å². The van der Waals surface area contributed by atoms with Crippen molar-refractivity contribution in [3.63, 3.8) is 0 Å². The number of thiophene rings is 1. The third-order valence-electron chi connectivity index (χ3n) is 4.29. The summed E-state index contributed by atoms with van der Waals surface area (Å²) in [6.45, 7) is 2.19. The number of halogens is 5. The van der Waals surface area contributed by atoms with Crippen molar-refractivity contribution in [2.75, 3.05) is 11.9 Å². The first-order valence-electron chi connectivity index (χ1n) is 8.59. The van der Waals surface area contributed by atoms with Gasteiger partial charge < -0.3 is 5.32 Å². The summed E-state index contributed by atoms with van der Waals surface area (Å²) in [5.41, 5.74) is 3.40. The summed E-state index contributed by atoms with van der Waals surface area (Å²) in [6.07, 6.45) is -3.28. The maximum atomic E-state index is 12.1. The molecule has 152 valence electrons. The average Bonchev–Trinajstić information content (AvgIpc) is 3.21. The van der Waals surface area contributed by atoms with Crippen molar-refractivity contribution in [3.8, 4) is 0 Å². The molecule has 0 atom stereocenters. The van der Waals surface area contributed by atoms with Crippen LogP contribution in [0.5, 0.6) is 0 Å². The van der Waals surface area contributed by atoms with Crippen molar-refractivity contribution < 1.29 is 17.9 Å². The van der Waals surface area contributed by atoms with Crippen LogP contribution in [0.1, 0.15) is 28.8 Å². The average molecular weight is 452 g/mol. The second-order valence-corrected chi connectivity index (χ2v) is 8.00. The summed E-state index contributed by atoms with van der Waals surface area (Å²) in [5, 5.41) is 10.4. The van der Waals surface area contributed by atoms with Gasteiger partial charge in [0.15, 0.2) is 5.15 Å². The first-order valence-corrected chi connectivity index (χ1v) is 10.2. The Balaban J connectivity index is 1.77. The molecule has 0 aromatic carbocycles. The maximum absolute atomic E-state index is 12.1. The summed E-state index contributed by atoms with van der Waals surface area (Å²) in [4.78, 5) is 1.17. The first kappa shape index (κ1) is 21.2.